The maximum atomic E-state index is 12.6. The van der Waals surface area contributed by atoms with Gasteiger partial charge in [-0.05, 0) is 35.4 Å². The van der Waals surface area contributed by atoms with Crippen molar-refractivity contribution in [2.75, 3.05) is 0 Å². The molecule has 0 spiro atoms. The number of phenols is 3. The molecule has 0 bridgehead atoms. The first-order valence-electron chi connectivity index (χ1n) is 8.38. The predicted molar refractivity (Wildman–Crippen MR) is 102 cm³/mol. The highest BCUT2D eigenvalue weighted by Gasteiger charge is 2.16. The summed E-state index contributed by atoms with van der Waals surface area (Å²) >= 11 is 0. The fraction of sp³-hybridized carbons (Fsp3) is 0.0455. The van der Waals surface area contributed by atoms with Crippen molar-refractivity contribution in [1.82, 2.24) is 0 Å². The molecule has 3 aromatic carbocycles. The topological polar surface area (TPSA) is 90.9 Å². The normalized spacial score (nSPS) is 11.0. The van der Waals surface area contributed by atoms with E-state index in [2.05, 4.69) is 0 Å². The molecule has 0 aliphatic heterocycles. The monoisotopic (exact) mass is 360 g/mol. The zero-order valence-corrected chi connectivity index (χ0v) is 14.2. The van der Waals surface area contributed by atoms with Crippen LogP contribution in [0.25, 0.3) is 22.3 Å². The first-order valence-corrected chi connectivity index (χ1v) is 8.38. The molecule has 1 aromatic heterocycles. The third-order valence-electron chi connectivity index (χ3n) is 4.43. The molecule has 27 heavy (non-hydrogen) atoms. The van der Waals surface area contributed by atoms with Crippen molar-refractivity contribution in [2.45, 2.75) is 6.42 Å². The van der Waals surface area contributed by atoms with Crippen LogP contribution in [0.5, 0.6) is 17.2 Å². The van der Waals surface area contributed by atoms with E-state index in [1.165, 1.54) is 24.3 Å². The second-order valence-corrected chi connectivity index (χ2v) is 6.29. The second kappa shape index (κ2) is 6.53. The molecule has 1 heterocycles. The Labute approximate surface area is 154 Å². The van der Waals surface area contributed by atoms with Gasteiger partial charge in [0, 0.05) is 12.5 Å². The Bertz CT molecular complexity index is 1190. The van der Waals surface area contributed by atoms with Crippen molar-refractivity contribution in [3.63, 3.8) is 0 Å². The minimum Gasteiger partial charge on any atom is -0.508 e. The smallest absolute Gasteiger partial charge is 0.197 e. The van der Waals surface area contributed by atoms with Gasteiger partial charge in [-0.2, -0.15) is 0 Å². The van der Waals surface area contributed by atoms with Crippen molar-refractivity contribution in [3.05, 3.63) is 88.1 Å². The van der Waals surface area contributed by atoms with Crippen molar-refractivity contribution in [3.8, 4) is 28.6 Å². The molecule has 0 atom stereocenters. The van der Waals surface area contributed by atoms with E-state index in [-0.39, 0.29) is 39.5 Å². The molecule has 0 radical (unpaired) electrons. The van der Waals surface area contributed by atoms with Gasteiger partial charge in [0.2, 0.25) is 0 Å². The number of hydrogen-bond acceptors (Lipinski definition) is 5. The Morgan fingerprint density at radius 3 is 2.41 bits per heavy atom. The minimum atomic E-state index is -0.429. The van der Waals surface area contributed by atoms with Crippen molar-refractivity contribution < 1.29 is 19.7 Å². The molecule has 0 saturated heterocycles. The predicted octanol–water partition coefficient (Wildman–Crippen LogP) is 4.17. The van der Waals surface area contributed by atoms with Crippen LogP contribution in [0.15, 0.2) is 75.9 Å². The summed E-state index contributed by atoms with van der Waals surface area (Å²) in [5.74, 6) is -0.195. The van der Waals surface area contributed by atoms with Gasteiger partial charge >= 0.3 is 0 Å². The highest BCUT2D eigenvalue weighted by Crippen LogP contribution is 2.35. The summed E-state index contributed by atoms with van der Waals surface area (Å²) in [7, 11) is 0. The summed E-state index contributed by atoms with van der Waals surface area (Å²) in [5.41, 5.74) is 1.60. The fourth-order valence-electron chi connectivity index (χ4n) is 3.09. The molecule has 0 aliphatic carbocycles. The standard InChI is InChI=1S/C22H16O5/c23-15-7-8-17(24)16(11-15)20-12-18(25)21-19(27-20)9-6-14(22(21)26)10-13-4-2-1-3-5-13/h1-9,11-12,23-24,26H,10H2. The van der Waals surface area contributed by atoms with Crippen molar-refractivity contribution in [1.29, 1.82) is 0 Å². The molecule has 5 heteroatoms. The highest BCUT2D eigenvalue weighted by atomic mass is 16.3. The van der Waals surface area contributed by atoms with Gasteiger partial charge in [0.1, 0.15) is 34.0 Å². The van der Waals surface area contributed by atoms with Gasteiger partial charge in [0.25, 0.3) is 0 Å². The summed E-state index contributed by atoms with van der Waals surface area (Å²) in [6, 6.07) is 18.1. The SMILES string of the molecule is O=c1cc(-c2cc(O)ccc2O)oc2ccc(Cc3ccccc3)c(O)c12. The maximum Gasteiger partial charge on any atom is 0.197 e. The van der Waals surface area contributed by atoms with E-state index in [1.807, 2.05) is 30.3 Å². The number of hydrogen-bond donors (Lipinski definition) is 3. The van der Waals surface area contributed by atoms with Gasteiger partial charge in [-0.15, -0.1) is 0 Å². The van der Waals surface area contributed by atoms with E-state index in [9.17, 15) is 20.1 Å². The van der Waals surface area contributed by atoms with Crippen LogP contribution in [0.2, 0.25) is 0 Å². The highest BCUT2D eigenvalue weighted by molar-refractivity contribution is 5.86. The molecule has 0 fully saturated rings. The number of rotatable bonds is 3. The molecular weight excluding hydrogens is 344 g/mol. The quantitative estimate of drug-likeness (QED) is 0.477. The van der Waals surface area contributed by atoms with Crippen molar-refractivity contribution >= 4 is 11.0 Å². The number of aromatic hydroxyl groups is 3. The van der Waals surface area contributed by atoms with Crippen LogP contribution >= 0.6 is 0 Å². The Morgan fingerprint density at radius 2 is 1.63 bits per heavy atom. The summed E-state index contributed by atoms with van der Waals surface area (Å²) in [6.07, 6.45) is 0.483. The largest absolute Gasteiger partial charge is 0.508 e. The summed E-state index contributed by atoms with van der Waals surface area (Å²) in [6.45, 7) is 0. The zero-order chi connectivity index (χ0) is 19.0. The Kier molecular flexibility index (Phi) is 4.05. The molecule has 0 aliphatic rings. The minimum absolute atomic E-state index is 0.0633. The number of benzene rings is 3. The Balaban J connectivity index is 1.84. The van der Waals surface area contributed by atoms with Crippen LogP contribution in [0.3, 0.4) is 0 Å². The van der Waals surface area contributed by atoms with E-state index in [1.54, 1.807) is 12.1 Å². The van der Waals surface area contributed by atoms with Crippen molar-refractivity contribution in [2.24, 2.45) is 0 Å². The zero-order valence-electron chi connectivity index (χ0n) is 14.2. The first-order chi connectivity index (χ1) is 13.0. The van der Waals surface area contributed by atoms with E-state index in [0.29, 0.717) is 12.0 Å². The molecule has 5 nitrogen and oxygen atoms in total. The molecule has 134 valence electrons. The number of fused-ring (bicyclic) bond motifs is 1. The second-order valence-electron chi connectivity index (χ2n) is 6.29. The first kappa shape index (κ1) is 16.7. The molecule has 0 unspecified atom stereocenters. The fourth-order valence-corrected chi connectivity index (χ4v) is 3.09. The van der Waals surface area contributed by atoms with Gasteiger partial charge in [0.05, 0.1) is 5.56 Å². The van der Waals surface area contributed by atoms with Crippen LogP contribution < -0.4 is 5.43 Å². The van der Waals surface area contributed by atoms with E-state index in [0.717, 1.165) is 5.56 Å². The summed E-state index contributed by atoms with van der Waals surface area (Å²) < 4.78 is 5.72. The van der Waals surface area contributed by atoms with Gasteiger partial charge in [-0.3, -0.25) is 4.79 Å². The van der Waals surface area contributed by atoms with E-state index < -0.39 is 5.43 Å². The molecule has 4 rings (SSSR count). The third-order valence-corrected chi connectivity index (χ3v) is 4.43. The van der Waals surface area contributed by atoms with E-state index >= 15 is 0 Å². The molecule has 3 N–H and O–H groups in total. The van der Waals surface area contributed by atoms with Crippen LogP contribution in [0.4, 0.5) is 0 Å². The maximum absolute atomic E-state index is 12.6. The summed E-state index contributed by atoms with van der Waals surface area (Å²) in [4.78, 5) is 12.6. The van der Waals surface area contributed by atoms with E-state index in [4.69, 9.17) is 4.42 Å². The van der Waals surface area contributed by atoms with Gasteiger partial charge in [-0.1, -0.05) is 36.4 Å². The molecule has 0 saturated carbocycles. The average molecular weight is 360 g/mol. The van der Waals surface area contributed by atoms with Gasteiger partial charge in [-0.25, -0.2) is 0 Å². The van der Waals surface area contributed by atoms with Crippen LogP contribution in [0.1, 0.15) is 11.1 Å². The Hall–Kier alpha value is -3.73. The lowest BCUT2D eigenvalue weighted by Gasteiger charge is -2.10. The lowest BCUT2D eigenvalue weighted by molar-refractivity contribution is 0.459. The number of phenolic OH excluding ortho intramolecular Hbond substituents is 3. The molecule has 4 aromatic rings. The third kappa shape index (κ3) is 3.11. The van der Waals surface area contributed by atoms with Crippen LogP contribution in [-0.2, 0) is 6.42 Å². The molecule has 0 amide bonds. The Morgan fingerprint density at radius 1 is 0.852 bits per heavy atom. The van der Waals surface area contributed by atoms with Gasteiger partial charge < -0.3 is 19.7 Å². The van der Waals surface area contributed by atoms with Crippen LogP contribution in [0, 0.1) is 0 Å². The summed E-state index contributed by atoms with van der Waals surface area (Å²) in [5, 5.41) is 30.3. The lowest BCUT2D eigenvalue weighted by Crippen LogP contribution is -2.02. The molecular formula is C22H16O5. The van der Waals surface area contributed by atoms with Crippen LogP contribution in [-0.4, -0.2) is 15.3 Å². The van der Waals surface area contributed by atoms with Gasteiger partial charge in [0.15, 0.2) is 5.43 Å². The lowest BCUT2D eigenvalue weighted by atomic mass is 10.0. The average Bonchev–Trinajstić information content (AvgIpc) is 2.66.